The second-order valence-corrected chi connectivity index (χ2v) is 2.54. The molecular weight excluding hydrogens is 166 g/mol. The van der Waals surface area contributed by atoms with Crippen molar-refractivity contribution < 1.29 is 20.2 Å². The summed E-state index contributed by atoms with van der Waals surface area (Å²) in [6.45, 7) is -1.17. The van der Waals surface area contributed by atoms with Crippen LogP contribution in [0.1, 0.15) is 6.42 Å². The van der Waals surface area contributed by atoms with Gasteiger partial charge in [-0.05, 0) is 6.42 Å². The minimum Gasteiger partial charge on any atom is -0.396 e. The lowest BCUT2D eigenvalue weighted by Gasteiger charge is -2.15. The van der Waals surface area contributed by atoms with Gasteiger partial charge in [-0.2, -0.15) is 0 Å². The molecule has 0 amide bonds. The van der Waals surface area contributed by atoms with Crippen LogP contribution in [0.15, 0.2) is 0 Å². The van der Waals surface area contributed by atoms with Crippen molar-refractivity contribution in [3.05, 3.63) is 10.1 Å². The van der Waals surface area contributed by atoms with Crippen molar-refractivity contribution in [1.82, 2.24) is 0 Å². The van der Waals surface area contributed by atoms with Gasteiger partial charge in [0.2, 0.25) is 6.54 Å². The Bertz CT molecular complexity index is 140. The van der Waals surface area contributed by atoms with E-state index in [0.717, 1.165) is 0 Å². The van der Waals surface area contributed by atoms with Gasteiger partial charge in [-0.3, -0.25) is 10.1 Å². The lowest BCUT2D eigenvalue weighted by atomic mass is 10.00. The number of hydrogen-bond acceptors (Lipinski definition) is 5. The number of aliphatic hydroxyl groups is 3. The van der Waals surface area contributed by atoms with Crippen molar-refractivity contribution in [3.8, 4) is 0 Å². The zero-order chi connectivity index (χ0) is 9.56. The Labute approximate surface area is 69.6 Å². The van der Waals surface area contributed by atoms with Gasteiger partial charge in [0, 0.05) is 11.5 Å². The molecule has 2 unspecified atom stereocenters. The Hall–Kier alpha value is -0.720. The van der Waals surface area contributed by atoms with E-state index in [1.54, 1.807) is 0 Å². The maximum Gasteiger partial charge on any atom is 0.209 e. The second-order valence-electron chi connectivity index (χ2n) is 2.54. The van der Waals surface area contributed by atoms with Crippen LogP contribution in [-0.2, 0) is 0 Å². The standard InChI is InChI=1S/C6H13NO5/c8-2-1-5(3-7(11)12)6(10)4-9/h5-6,8-10H,1-4H2. The van der Waals surface area contributed by atoms with Crippen LogP contribution < -0.4 is 0 Å². The lowest BCUT2D eigenvalue weighted by molar-refractivity contribution is -0.491. The third-order valence-corrected chi connectivity index (χ3v) is 1.61. The minimum absolute atomic E-state index is 0.128. The van der Waals surface area contributed by atoms with E-state index < -0.39 is 30.1 Å². The van der Waals surface area contributed by atoms with Crippen LogP contribution in [-0.4, -0.2) is 46.1 Å². The van der Waals surface area contributed by atoms with Gasteiger partial charge in [-0.1, -0.05) is 0 Å². The maximum atomic E-state index is 10.0. The first-order chi connectivity index (χ1) is 5.61. The molecule has 3 N–H and O–H groups in total. The molecule has 0 aromatic rings. The molecule has 0 aliphatic rings. The molecule has 6 heteroatoms. The summed E-state index contributed by atoms with van der Waals surface area (Å²) in [6, 6.07) is 0. The Balaban J connectivity index is 3.93. The molecular formula is C6H13NO5. The van der Waals surface area contributed by atoms with Gasteiger partial charge in [0.15, 0.2) is 0 Å². The van der Waals surface area contributed by atoms with Gasteiger partial charge >= 0.3 is 0 Å². The molecule has 6 nitrogen and oxygen atoms in total. The summed E-state index contributed by atoms with van der Waals surface area (Å²) in [7, 11) is 0. The molecule has 0 rings (SSSR count). The molecule has 0 saturated heterocycles. The average molecular weight is 179 g/mol. The summed E-state index contributed by atoms with van der Waals surface area (Å²) in [6.07, 6.45) is -0.995. The highest BCUT2D eigenvalue weighted by atomic mass is 16.6. The predicted octanol–water partition coefficient (Wildman–Crippen LogP) is -1.39. The fourth-order valence-electron chi connectivity index (χ4n) is 0.912. The molecule has 0 bridgehead atoms. The predicted molar refractivity (Wildman–Crippen MR) is 40.1 cm³/mol. The normalized spacial score (nSPS) is 15.6. The molecule has 72 valence electrons. The van der Waals surface area contributed by atoms with Crippen molar-refractivity contribution in [1.29, 1.82) is 0 Å². The van der Waals surface area contributed by atoms with Crippen LogP contribution in [0.4, 0.5) is 0 Å². The van der Waals surface area contributed by atoms with Gasteiger partial charge in [-0.25, -0.2) is 0 Å². The van der Waals surface area contributed by atoms with E-state index >= 15 is 0 Å². The van der Waals surface area contributed by atoms with Crippen LogP contribution in [0, 0.1) is 16.0 Å². The molecule has 0 radical (unpaired) electrons. The molecule has 0 fully saturated rings. The average Bonchev–Trinajstić information content (AvgIpc) is 2.01. The number of nitro groups is 1. The molecule has 2 atom stereocenters. The molecule has 0 aliphatic heterocycles. The van der Waals surface area contributed by atoms with Crippen LogP contribution in [0.25, 0.3) is 0 Å². The second kappa shape index (κ2) is 5.87. The smallest absolute Gasteiger partial charge is 0.209 e. The fourth-order valence-corrected chi connectivity index (χ4v) is 0.912. The first-order valence-corrected chi connectivity index (χ1v) is 3.63. The monoisotopic (exact) mass is 179 g/mol. The van der Waals surface area contributed by atoms with Crippen molar-refractivity contribution in [3.63, 3.8) is 0 Å². The summed E-state index contributed by atoms with van der Waals surface area (Å²) in [5, 5.41) is 36.0. The first kappa shape index (κ1) is 11.3. The van der Waals surface area contributed by atoms with Crippen LogP contribution in [0.5, 0.6) is 0 Å². The molecule has 0 aromatic heterocycles. The molecule has 0 heterocycles. The van der Waals surface area contributed by atoms with Crippen LogP contribution in [0.2, 0.25) is 0 Å². The minimum atomic E-state index is -1.12. The Morgan fingerprint density at radius 3 is 2.33 bits per heavy atom. The highest BCUT2D eigenvalue weighted by Crippen LogP contribution is 2.08. The topological polar surface area (TPSA) is 104 Å². The van der Waals surface area contributed by atoms with Gasteiger partial charge in [0.25, 0.3) is 0 Å². The highest BCUT2D eigenvalue weighted by molar-refractivity contribution is 4.66. The summed E-state index contributed by atoms with van der Waals surface area (Å²) in [5.41, 5.74) is 0. The molecule has 0 aliphatic carbocycles. The Morgan fingerprint density at radius 2 is 2.00 bits per heavy atom. The molecule has 0 saturated carbocycles. The lowest BCUT2D eigenvalue weighted by Crippen LogP contribution is -2.30. The van der Waals surface area contributed by atoms with Crippen molar-refractivity contribution in [2.75, 3.05) is 19.8 Å². The van der Waals surface area contributed by atoms with E-state index in [1.807, 2.05) is 0 Å². The third-order valence-electron chi connectivity index (χ3n) is 1.61. The SMILES string of the molecule is O=[N+]([O-])CC(CCO)C(O)CO. The van der Waals surface area contributed by atoms with E-state index in [9.17, 15) is 10.1 Å². The zero-order valence-corrected chi connectivity index (χ0v) is 6.59. The van der Waals surface area contributed by atoms with Crippen molar-refractivity contribution in [2.24, 2.45) is 5.92 Å². The summed E-state index contributed by atoms with van der Waals surface area (Å²) in [5.74, 6) is -0.671. The van der Waals surface area contributed by atoms with E-state index in [4.69, 9.17) is 15.3 Å². The third kappa shape index (κ3) is 4.22. The maximum absolute atomic E-state index is 10.0. The van der Waals surface area contributed by atoms with E-state index in [-0.39, 0.29) is 13.0 Å². The summed E-state index contributed by atoms with van der Waals surface area (Å²) in [4.78, 5) is 9.47. The van der Waals surface area contributed by atoms with E-state index in [0.29, 0.717) is 0 Å². The van der Waals surface area contributed by atoms with Crippen LogP contribution >= 0.6 is 0 Å². The highest BCUT2D eigenvalue weighted by Gasteiger charge is 2.22. The number of rotatable bonds is 6. The van der Waals surface area contributed by atoms with Crippen LogP contribution in [0.3, 0.4) is 0 Å². The quantitative estimate of drug-likeness (QED) is 0.344. The van der Waals surface area contributed by atoms with Gasteiger partial charge in [-0.15, -0.1) is 0 Å². The van der Waals surface area contributed by atoms with Crippen molar-refractivity contribution in [2.45, 2.75) is 12.5 Å². The van der Waals surface area contributed by atoms with E-state index in [2.05, 4.69) is 0 Å². The summed E-state index contributed by atoms with van der Waals surface area (Å²) < 4.78 is 0. The Morgan fingerprint density at radius 1 is 1.42 bits per heavy atom. The number of aliphatic hydroxyl groups excluding tert-OH is 3. The fraction of sp³-hybridized carbons (Fsp3) is 1.00. The largest absolute Gasteiger partial charge is 0.396 e. The number of nitrogens with zero attached hydrogens (tertiary/aromatic N) is 1. The van der Waals surface area contributed by atoms with Gasteiger partial charge < -0.3 is 15.3 Å². The van der Waals surface area contributed by atoms with Gasteiger partial charge in [0.1, 0.15) is 0 Å². The molecule has 0 spiro atoms. The summed E-state index contributed by atoms with van der Waals surface area (Å²) >= 11 is 0. The molecule has 12 heavy (non-hydrogen) atoms. The first-order valence-electron chi connectivity index (χ1n) is 3.63. The van der Waals surface area contributed by atoms with Crippen molar-refractivity contribution >= 4 is 0 Å². The molecule has 0 aromatic carbocycles. The van der Waals surface area contributed by atoms with Gasteiger partial charge in [0.05, 0.1) is 18.6 Å². The zero-order valence-electron chi connectivity index (χ0n) is 6.59. The van der Waals surface area contributed by atoms with E-state index in [1.165, 1.54) is 0 Å². The Kier molecular flexibility index (Phi) is 5.52. The number of hydrogen-bond donors (Lipinski definition) is 3.